The predicted molar refractivity (Wildman–Crippen MR) is 76.1 cm³/mol. The molecule has 1 aromatic rings. The third-order valence-corrected chi connectivity index (χ3v) is 4.24. The Labute approximate surface area is 119 Å². The Morgan fingerprint density at radius 3 is 2.94 bits per heavy atom. The summed E-state index contributed by atoms with van der Waals surface area (Å²) in [6, 6.07) is 5.97. The molecule has 0 N–H and O–H groups in total. The molecule has 0 fully saturated rings. The molecule has 0 heterocycles. The number of esters is 1. The summed E-state index contributed by atoms with van der Waals surface area (Å²) in [5, 5.41) is 1.53. The summed E-state index contributed by atoms with van der Waals surface area (Å²) in [5.41, 5.74) is 1.09. The number of carbonyl (C=O) groups is 1. The minimum atomic E-state index is -0.150. The molecule has 17 heavy (non-hydrogen) atoms. The fourth-order valence-electron chi connectivity index (χ4n) is 1.25. The highest BCUT2D eigenvalue weighted by molar-refractivity contribution is 9.08. The lowest BCUT2D eigenvalue weighted by atomic mass is 10.2. The molecule has 0 aliphatic rings. The van der Waals surface area contributed by atoms with E-state index in [2.05, 4.69) is 26.7 Å². The van der Waals surface area contributed by atoms with Crippen molar-refractivity contribution < 1.29 is 9.53 Å². The van der Waals surface area contributed by atoms with Gasteiger partial charge in [0.05, 0.1) is 7.11 Å². The Balaban J connectivity index is 2.39. The van der Waals surface area contributed by atoms with Crippen LogP contribution in [0.1, 0.15) is 18.4 Å². The maximum atomic E-state index is 10.9. The van der Waals surface area contributed by atoms with Gasteiger partial charge in [0, 0.05) is 21.7 Å². The molecule has 2 nitrogen and oxygen atoms in total. The van der Waals surface area contributed by atoms with Crippen LogP contribution in [0.5, 0.6) is 0 Å². The highest BCUT2D eigenvalue weighted by atomic mass is 79.9. The van der Waals surface area contributed by atoms with E-state index in [0.29, 0.717) is 6.42 Å². The highest BCUT2D eigenvalue weighted by Gasteiger charge is 2.03. The number of benzene rings is 1. The molecule has 0 saturated carbocycles. The quantitative estimate of drug-likeness (QED) is 0.335. The van der Waals surface area contributed by atoms with E-state index < -0.39 is 0 Å². The molecule has 0 aliphatic carbocycles. The number of alkyl halides is 1. The summed E-state index contributed by atoms with van der Waals surface area (Å²) < 4.78 is 4.58. The van der Waals surface area contributed by atoms with Gasteiger partial charge in [-0.1, -0.05) is 27.5 Å². The number of ether oxygens (including phenoxy) is 1. The molecule has 1 aromatic carbocycles. The summed E-state index contributed by atoms with van der Waals surface area (Å²) >= 11 is 11.1. The molecule has 94 valence electrons. The van der Waals surface area contributed by atoms with Crippen LogP contribution in [0, 0.1) is 0 Å². The predicted octanol–water partition coefficient (Wildman–Crippen LogP) is 4.28. The molecule has 0 saturated heterocycles. The summed E-state index contributed by atoms with van der Waals surface area (Å²) in [7, 11) is 1.41. The van der Waals surface area contributed by atoms with E-state index >= 15 is 0 Å². The standard InChI is InChI=1S/C12H14BrClO2S/c1-16-12(15)3-2-6-17-10-4-5-11(14)9(7-10)8-13/h4-5,7H,2-3,6,8H2,1H3. The van der Waals surface area contributed by atoms with E-state index in [1.165, 1.54) is 12.0 Å². The monoisotopic (exact) mass is 336 g/mol. The number of halogens is 2. The van der Waals surface area contributed by atoms with E-state index in [4.69, 9.17) is 11.6 Å². The van der Waals surface area contributed by atoms with Gasteiger partial charge in [-0.05, 0) is 35.9 Å². The van der Waals surface area contributed by atoms with Crippen molar-refractivity contribution in [1.82, 2.24) is 0 Å². The van der Waals surface area contributed by atoms with Gasteiger partial charge in [-0.25, -0.2) is 0 Å². The maximum Gasteiger partial charge on any atom is 0.305 e. The maximum absolute atomic E-state index is 10.9. The number of hydrogen-bond donors (Lipinski definition) is 0. The summed E-state index contributed by atoms with van der Waals surface area (Å²) in [6.45, 7) is 0. The molecule has 0 aromatic heterocycles. The fraction of sp³-hybridized carbons (Fsp3) is 0.417. The number of methoxy groups -OCH3 is 1. The number of carbonyl (C=O) groups excluding carboxylic acids is 1. The van der Waals surface area contributed by atoms with Crippen LogP contribution < -0.4 is 0 Å². The number of thioether (sulfide) groups is 1. The highest BCUT2D eigenvalue weighted by Crippen LogP contribution is 2.26. The second kappa shape index (κ2) is 8.01. The molecule has 0 aliphatic heterocycles. The molecule has 0 radical (unpaired) electrons. The summed E-state index contributed by atoms with van der Waals surface area (Å²) in [4.78, 5) is 12.1. The SMILES string of the molecule is COC(=O)CCCSc1ccc(Cl)c(CBr)c1. The van der Waals surface area contributed by atoms with Gasteiger partial charge in [-0.15, -0.1) is 11.8 Å². The van der Waals surface area contributed by atoms with Crippen LogP contribution in [0.2, 0.25) is 5.02 Å². The summed E-state index contributed by atoms with van der Waals surface area (Å²) in [6.07, 6.45) is 1.30. The van der Waals surface area contributed by atoms with Crippen molar-refractivity contribution in [3.8, 4) is 0 Å². The largest absolute Gasteiger partial charge is 0.469 e. The zero-order valence-electron chi connectivity index (χ0n) is 9.54. The van der Waals surface area contributed by atoms with Crippen molar-refractivity contribution in [2.24, 2.45) is 0 Å². The fourth-order valence-corrected chi connectivity index (χ4v) is 2.98. The molecule has 0 amide bonds. The second-order valence-corrected chi connectivity index (χ2v) is 5.55. The smallest absolute Gasteiger partial charge is 0.305 e. The van der Waals surface area contributed by atoms with Gasteiger partial charge in [0.15, 0.2) is 0 Å². The number of rotatable bonds is 6. The first-order valence-corrected chi connectivity index (χ1v) is 7.70. The molecule has 0 unspecified atom stereocenters. The third-order valence-electron chi connectivity index (χ3n) is 2.18. The van der Waals surface area contributed by atoms with Gasteiger partial charge < -0.3 is 4.74 Å². The van der Waals surface area contributed by atoms with E-state index in [-0.39, 0.29) is 5.97 Å². The molecule has 0 bridgehead atoms. The van der Waals surface area contributed by atoms with Crippen molar-refractivity contribution in [3.63, 3.8) is 0 Å². The molecular formula is C12H14BrClO2S. The minimum absolute atomic E-state index is 0.150. The van der Waals surface area contributed by atoms with Crippen LogP contribution in [0.3, 0.4) is 0 Å². The van der Waals surface area contributed by atoms with Crippen LogP contribution >= 0.6 is 39.3 Å². The lowest BCUT2D eigenvalue weighted by molar-refractivity contribution is -0.140. The van der Waals surface area contributed by atoms with Crippen molar-refractivity contribution in [1.29, 1.82) is 0 Å². The Kier molecular flexibility index (Phi) is 7.00. The normalized spacial score (nSPS) is 10.3. The van der Waals surface area contributed by atoms with Crippen molar-refractivity contribution in [2.45, 2.75) is 23.1 Å². The van der Waals surface area contributed by atoms with Crippen LogP contribution in [0.4, 0.5) is 0 Å². The van der Waals surface area contributed by atoms with Gasteiger partial charge in [-0.3, -0.25) is 4.79 Å². The van der Waals surface area contributed by atoms with Crippen molar-refractivity contribution in [2.75, 3.05) is 12.9 Å². The van der Waals surface area contributed by atoms with Gasteiger partial charge in [0.2, 0.25) is 0 Å². The van der Waals surface area contributed by atoms with Crippen LogP contribution in [0.15, 0.2) is 23.1 Å². The first kappa shape index (κ1) is 14.9. The van der Waals surface area contributed by atoms with Crippen molar-refractivity contribution >= 4 is 45.3 Å². The third kappa shape index (κ3) is 5.32. The minimum Gasteiger partial charge on any atom is -0.469 e. The average molecular weight is 338 g/mol. The Morgan fingerprint density at radius 2 is 2.29 bits per heavy atom. The molecular weight excluding hydrogens is 324 g/mol. The molecule has 0 spiro atoms. The molecule has 0 atom stereocenters. The topological polar surface area (TPSA) is 26.3 Å². The van der Waals surface area contributed by atoms with E-state index in [0.717, 1.165) is 28.1 Å². The molecule has 5 heteroatoms. The Bertz CT molecular complexity index is 385. The van der Waals surface area contributed by atoms with Gasteiger partial charge in [0.25, 0.3) is 0 Å². The van der Waals surface area contributed by atoms with Crippen molar-refractivity contribution in [3.05, 3.63) is 28.8 Å². The zero-order chi connectivity index (χ0) is 12.7. The van der Waals surface area contributed by atoms with E-state index in [1.807, 2.05) is 12.1 Å². The Hall–Kier alpha value is -0.190. The first-order chi connectivity index (χ1) is 8.17. The number of hydrogen-bond acceptors (Lipinski definition) is 3. The van der Waals surface area contributed by atoms with Crippen LogP contribution in [-0.2, 0) is 14.9 Å². The zero-order valence-corrected chi connectivity index (χ0v) is 12.7. The lowest BCUT2D eigenvalue weighted by Crippen LogP contribution is -1.99. The van der Waals surface area contributed by atoms with E-state index in [1.54, 1.807) is 11.8 Å². The Morgan fingerprint density at radius 1 is 1.53 bits per heavy atom. The molecule has 1 rings (SSSR count). The van der Waals surface area contributed by atoms with Crippen LogP contribution in [-0.4, -0.2) is 18.8 Å². The van der Waals surface area contributed by atoms with Gasteiger partial charge in [0.1, 0.15) is 0 Å². The second-order valence-electron chi connectivity index (χ2n) is 3.41. The lowest BCUT2D eigenvalue weighted by Gasteiger charge is -2.05. The average Bonchev–Trinajstić information content (AvgIpc) is 2.36. The first-order valence-electron chi connectivity index (χ1n) is 5.21. The summed E-state index contributed by atoms with van der Waals surface area (Å²) in [5.74, 6) is 0.751. The van der Waals surface area contributed by atoms with Gasteiger partial charge in [-0.2, -0.15) is 0 Å². The van der Waals surface area contributed by atoms with E-state index in [9.17, 15) is 4.79 Å². The van der Waals surface area contributed by atoms with Gasteiger partial charge >= 0.3 is 5.97 Å². The van der Waals surface area contributed by atoms with Crippen LogP contribution in [0.25, 0.3) is 0 Å².